The number of halogens is 3. The average Bonchev–Trinajstić information content (AvgIpc) is 2.61. The Morgan fingerprint density at radius 3 is 2.70 bits per heavy atom. The minimum Gasteiger partial charge on any atom is -0.475 e. The molecule has 0 saturated carbocycles. The molecule has 2 aromatic rings. The number of nitrogens with zero attached hydrogens (tertiary/aromatic N) is 2. The van der Waals surface area contributed by atoms with Crippen LogP contribution in [0.5, 0.6) is 11.6 Å². The number of benzene rings is 1. The van der Waals surface area contributed by atoms with Gasteiger partial charge in [0.2, 0.25) is 5.88 Å². The molecule has 0 atom stereocenters. The molecule has 0 aliphatic rings. The quantitative estimate of drug-likeness (QED) is 0.413. The number of alkyl halides is 3. The maximum absolute atomic E-state index is 12.5. The number of rotatable bonds is 8. The molecule has 27 heavy (non-hydrogen) atoms. The summed E-state index contributed by atoms with van der Waals surface area (Å²) >= 11 is 0. The second kappa shape index (κ2) is 9.62. The van der Waals surface area contributed by atoms with E-state index in [-0.39, 0.29) is 18.2 Å². The number of ether oxygens (including phenoxy) is 3. The zero-order valence-corrected chi connectivity index (χ0v) is 14.5. The number of methoxy groups -OCH3 is 1. The van der Waals surface area contributed by atoms with Gasteiger partial charge in [0.05, 0.1) is 18.8 Å². The number of nitrogens with two attached hydrogens (primary N) is 1. The minimum atomic E-state index is -4.81. The molecule has 7 nitrogen and oxygen atoms in total. The molecule has 10 heteroatoms. The van der Waals surface area contributed by atoms with Gasteiger partial charge in [-0.15, -0.1) is 13.2 Å². The average molecular weight is 384 g/mol. The SMILES string of the molecule is COCCOc1ncccc1CN=C(N)Nc1ccccc1OC(F)(F)F. The number of hydrogen-bond donors (Lipinski definition) is 2. The van der Waals surface area contributed by atoms with Crippen LogP contribution in [0.25, 0.3) is 0 Å². The van der Waals surface area contributed by atoms with Gasteiger partial charge in [0.15, 0.2) is 11.7 Å². The first-order valence-corrected chi connectivity index (χ1v) is 7.86. The molecule has 0 aliphatic heterocycles. The van der Waals surface area contributed by atoms with Crippen molar-refractivity contribution in [3.63, 3.8) is 0 Å². The van der Waals surface area contributed by atoms with Crippen LogP contribution in [0.1, 0.15) is 5.56 Å². The van der Waals surface area contributed by atoms with Crippen molar-refractivity contribution in [3.05, 3.63) is 48.2 Å². The van der Waals surface area contributed by atoms with E-state index in [9.17, 15) is 13.2 Å². The van der Waals surface area contributed by atoms with Gasteiger partial charge in [-0.1, -0.05) is 18.2 Å². The van der Waals surface area contributed by atoms with Crippen molar-refractivity contribution in [3.8, 4) is 11.6 Å². The molecular weight excluding hydrogens is 365 g/mol. The first kappa shape index (κ1) is 20.3. The van der Waals surface area contributed by atoms with Crippen LogP contribution < -0.4 is 20.5 Å². The molecule has 2 rings (SSSR count). The van der Waals surface area contributed by atoms with E-state index in [0.717, 1.165) is 0 Å². The van der Waals surface area contributed by atoms with Crippen LogP contribution in [-0.2, 0) is 11.3 Å². The van der Waals surface area contributed by atoms with Crippen LogP contribution in [0.15, 0.2) is 47.6 Å². The van der Waals surface area contributed by atoms with Gasteiger partial charge in [0.1, 0.15) is 6.61 Å². The Morgan fingerprint density at radius 1 is 1.19 bits per heavy atom. The van der Waals surface area contributed by atoms with Crippen molar-refractivity contribution in [2.24, 2.45) is 10.7 Å². The zero-order chi connectivity index (χ0) is 19.7. The van der Waals surface area contributed by atoms with E-state index in [0.29, 0.717) is 24.7 Å². The predicted molar refractivity (Wildman–Crippen MR) is 93.7 cm³/mol. The molecular formula is C17H19F3N4O3. The Bertz CT molecular complexity index is 769. The fraction of sp³-hybridized carbons (Fsp3) is 0.294. The number of nitrogens with one attached hydrogen (secondary N) is 1. The minimum absolute atomic E-state index is 0.0406. The lowest BCUT2D eigenvalue weighted by atomic mass is 10.3. The molecule has 0 aliphatic carbocycles. The summed E-state index contributed by atoms with van der Waals surface area (Å²) < 4.78 is 51.7. The number of para-hydroxylation sites is 2. The number of aromatic nitrogens is 1. The topological polar surface area (TPSA) is 91.0 Å². The van der Waals surface area contributed by atoms with Crippen LogP contribution in [-0.4, -0.2) is 37.6 Å². The lowest BCUT2D eigenvalue weighted by Gasteiger charge is -2.14. The molecule has 146 valence electrons. The molecule has 0 fully saturated rings. The van der Waals surface area contributed by atoms with Crippen LogP contribution >= 0.6 is 0 Å². The van der Waals surface area contributed by atoms with Crippen LogP contribution in [0.4, 0.5) is 18.9 Å². The second-order valence-electron chi connectivity index (χ2n) is 5.18. The number of aliphatic imine (C=N–C) groups is 1. The van der Waals surface area contributed by atoms with Gasteiger partial charge in [-0.25, -0.2) is 9.98 Å². The summed E-state index contributed by atoms with van der Waals surface area (Å²) in [5.74, 6) is -0.111. The van der Waals surface area contributed by atoms with Gasteiger partial charge in [-0.05, 0) is 18.2 Å². The van der Waals surface area contributed by atoms with Crippen LogP contribution in [0.3, 0.4) is 0 Å². The summed E-state index contributed by atoms with van der Waals surface area (Å²) in [4.78, 5) is 8.23. The van der Waals surface area contributed by atoms with E-state index in [1.807, 2.05) is 0 Å². The van der Waals surface area contributed by atoms with E-state index >= 15 is 0 Å². The fourth-order valence-electron chi connectivity index (χ4n) is 2.03. The zero-order valence-electron chi connectivity index (χ0n) is 14.5. The molecule has 0 unspecified atom stereocenters. The third kappa shape index (κ3) is 7.02. The Labute approximate surface area is 154 Å². The summed E-state index contributed by atoms with van der Waals surface area (Å²) in [6.45, 7) is 0.844. The third-order valence-corrected chi connectivity index (χ3v) is 3.17. The predicted octanol–water partition coefficient (Wildman–Crippen LogP) is 2.93. The van der Waals surface area contributed by atoms with Gasteiger partial charge in [-0.3, -0.25) is 0 Å². The van der Waals surface area contributed by atoms with Crippen molar-refractivity contribution >= 4 is 11.6 Å². The lowest BCUT2D eigenvalue weighted by molar-refractivity contribution is -0.274. The summed E-state index contributed by atoms with van der Waals surface area (Å²) in [5.41, 5.74) is 6.48. The van der Waals surface area contributed by atoms with E-state index < -0.39 is 12.1 Å². The van der Waals surface area contributed by atoms with Crippen LogP contribution in [0, 0.1) is 0 Å². The molecule has 1 aromatic heterocycles. The van der Waals surface area contributed by atoms with E-state index in [1.54, 1.807) is 31.5 Å². The Hall–Kier alpha value is -3.01. The van der Waals surface area contributed by atoms with Crippen molar-refractivity contribution in [2.45, 2.75) is 12.9 Å². The molecule has 0 amide bonds. The van der Waals surface area contributed by atoms with Crippen molar-refractivity contribution in [1.82, 2.24) is 4.98 Å². The second-order valence-corrected chi connectivity index (χ2v) is 5.18. The van der Waals surface area contributed by atoms with Gasteiger partial charge >= 0.3 is 6.36 Å². The molecule has 0 bridgehead atoms. The first-order valence-electron chi connectivity index (χ1n) is 7.86. The maximum Gasteiger partial charge on any atom is 0.573 e. The van der Waals surface area contributed by atoms with E-state index in [4.69, 9.17) is 15.2 Å². The molecule has 1 heterocycles. The van der Waals surface area contributed by atoms with Crippen molar-refractivity contribution in [1.29, 1.82) is 0 Å². The Balaban J connectivity index is 2.05. The fourth-order valence-corrected chi connectivity index (χ4v) is 2.03. The number of guanidine groups is 1. The molecule has 1 aromatic carbocycles. The normalized spacial score (nSPS) is 11.9. The summed E-state index contributed by atoms with van der Waals surface area (Å²) in [7, 11) is 1.56. The molecule has 0 spiro atoms. The summed E-state index contributed by atoms with van der Waals surface area (Å²) in [6, 6.07) is 9.00. The maximum atomic E-state index is 12.5. The van der Waals surface area contributed by atoms with Crippen LogP contribution in [0.2, 0.25) is 0 Å². The Kier molecular flexibility index (Phi) is 7.24. The number of pyridine rings is 1. The molecule has 0 saturated heterocycles. The van der Waals surface area contributed by atoms with Gasteiger partial charge in [0.25, 0.3) is 0 Å². The van der Waals surface area contributed by atoms with Gasteiger partial charge < -0.3 is 25.3 Å². The molecule has 0 radical (unpaired) electrons. The van der Waals surface area contributed by atoms with Gasteiger partial charge in [0, 0.05) is 18.9 Å². The lowest BCUT2D eigenvalue weighted by Crippen LogP contribution is -2.24. The number of anilines is 1. The molecule has 3 N–H and O–H groups in total. The van der Waals surface area contributed by atoms with Crippen molar-refractivity contribution < 1.29 is 27.4 Å². The van der Waals surface area contributed by atoms with Crippen molar-refractivity contribution in [2.75, 3.05) is 25.6 Å². The first-order chi connectivity index (χ1) is 12.9. The highest BCUT2D eigenvalue weighted by atomic mass is 19.4. The monoisotopic (exact) mass is 384 g/mol. The highest BCUT2D eigenvalue weighted by molar-refractivity contribution is 5.93. The van der Waals surface area contributed by atoms with E-state index in [1.165, 1.54) is 18.2 Å². The van der Waals surface area contributed by atoms with E-state index in [2.05, 4.69) is 20.0 Å². The number of hydrogen-bond acceptors (Lipinski definition) is 5. The highest BCUT2D eigenvalue weighted by Gasteiger charge is 2.32. The summed E-state index contributed by atoms with van der Waals surface area (Å²) in [6.07, 6.45) is -3.24. The Morgan fingerprint density at radius 2 is 1.96 bits per heavy atom. The highest BCUT2D eigenvalue weighted by Crippen LogP contribution is 2.29. The standard InChI is InChI=1S/C17H19F3N4O3/c1-25-9-10-26-15-12(5-4-8-22-15)11-23-16(21)24-13-6-2-3-7-14(13)27-17(18,19)20/h2-8H,9-11H2,1H3,(H3,21,23,24). The third-order valence-electron chi connectivity index (χ3n) is 3.17. The summed E-state index contributed by atoms with van der Waals surface area (Å²) in [5, 5.41) is 2.60. The largest absolute Gasteiger partial charge is 0.573 e. The smallest absolute Gasteiger partial charge is 0.475 e. The van der Waals surface area contributed by atoms with Gasteiger partial charge in [-0.2, -0.15) is 0 Å².